The monoisotopic (exact) mass is 211 g/mol. The lowest BCUT2D eigenvalue weighted by molar-refractivity contribution is 0.795. The van der Waals surface area contributed by atoms with Gasteiger partial charge in [0.25, 0.3) is 0 Å². The van der Waals surface area contributed by atoms with Gasteiger partial charge in [-0.05, 0) is 18.5 Å². The number of thiophene rings is 1. The molecule has 2 heterocycles. The van der Waals surface area contributed by atoms with Crippen molar-refractivity contribution in [1.82, 2.24) is 15.5 Å². The van der Waals surface area contributed by atoms with Crippen molar-refractivity contribution < 1.29 is 0 Å². The number of rotatable bonds is 3. The first-order valence-corrected chi connectivity index (χ1v) is 5.60. The van der Waals surface area contributed by atoms with E-state index in [4.69, 9.17) is 0 Å². The molecule has 13 heavy (non-hydrogen) atoms. The van der Waals surface area contributed by atoms with E-state index in [1.165, 1.54) is 4.88 Å². The second-order valence-electron chi connectivity index (χ2n) is 2.51. The van der Waals surface area contributed by atoms with Gasteiger partial charge in [-0.15, -0.1) is 21.5 Å². The molecule has 0 unspecified atom stereocenters. The van der Waals surface area contributed by atoms with Gasteiger partial charge in [-0.2, -0.15) is 0 Å². The van der Waals surface area contributed by atoms with E-state index in [9.17, 15) is 0 Å². The Hall–Kier alpha value is -0.780. The SMILES string of the molecule is CNCc1nnc(-c2cccs2)s1. The zero-order chi connectivity index (χ0) is 9.10. The molecular formula is C8H9N3S2. The van der Waals surface area contributed by atoms with Crippen molar-refractivity contribution in [2.24, 2.45) is 0 Å². The molecule has 2 rings (SSSR count). The topological polar surface area (TPSA) is 37.8 Å². The van der Waals surface area contributed by atoms with Crippen LogP contribution in [0.5, 0.6) is 0 Å². The molecule has 2 aromatic heterocycles. The Morgan fingerprint density at radius 3 is 3.08 bits per heavy atom. The predicted octanol–water partition coefficient (Wildman–Crippen LogP) is 1.99. The van der Waals surface area contributed by atoms with Crippen LogP contribution in [0.4, 0.5) is 0 Å². The van der Waals surface area contributed by atoms with E-state index in [0.29, 0.717) is 0 Å². The first kappa shape index (κ1) is 8.80. The minimum atomic E-state index is 0.795. The van der Waals surface area contributed by atoms with E-state index in [-0.39, 0.29) is 0 Å². The van der Waals surface area contributed by atoms with Crippen LogP contribution in [0.25, 0.3) is 9.88 Å². The van der Waals surface area contributed by atoms with E-state index >= 15 is 0 Å². The second kappa shape index (κ2) is 3.95. The van der Waals surface area contributed by atoms with Gasteiger partial charge in [0.1, 0.15) is 5.01 Å². The van der Waals surface area contributed by atoms with Crippen LogP contribution in [0.3, 0.4) is 0 Å². The van der Waals surface area contributed by atoms with Crippen LogP contribution in [-0.4, -0.2) is 17.2 Å². The molecule has 0 saturated heterocycles. The number of nitrogens with one attached hydrogen (secondary N) is 1. The molecule has 0 bridgehead atoms. The first-order valence-electron chi connectivity index (χ1n) is 3.91. The average molecular weight is 211 g/mol. The molecule has 0 atom stereocenters. The smallest absolute Gasteiger partial charge is 0.157 e. The lowest BCUT2D eigenvalue weighted by Gasteiger charge is -1.88. The molecule has 0 aliphatic carbocycles. The Kier molecular flexibility index (Phi) is 2.68. The predicted molar refractivity (Wildman–Crippen MR) is 56.0 cm³/mol. The van der Waals surface area contributed by atoms with Crippen LogP contribution >= 0.6 is 22.7 Å². The summed E-state index contributed by atoms with van der Waals surface area (Å²) in [4.78, 5) is 1.19. The maximum Gasteiger partial charge on any atom is 0.157 e. The quantitative estimate of drug-likeness (QED) is 0.843. The summed E-state index contributed by atoms with van der Waals surface area (Å²) in [5.74, 6) is 0. The third-order valence-electron chi connectivity index (χ3n) is 1.53. The van der Waals surface area contributed by atoms with Gasteiger partial charge in [0, 0.05) is 6.54 Å². The van der Waals surface area contributed by atoms with Gasteiger partial charge in [0.15, 0.2) is 5.01 Å². The van der Waals surface area contributed by atoms with E-state index in [1.807, 2.05) is 13.1 Å². The molecule has 2 aromatic rings. The zero-order valence-corrected chi connectivity index (χ0v) is 8.78. The van der Waals surface area contributed by atoms with Gasteiger partial charge >= 0.3 is 0 Å². The standard InChI is InChI=1S/C8H9N3S2/c1-9-5-7-10-11-8(13-7)6-3-2-4-12-6/h2-4,9H,5H2,1H3. The average Bonchev–Trinajstić information content (AvgIpc) is 2.70. The van der Waals surface area contributed by atoms with Crippen molar-refractivity contribution in [3.63, 3.8) is 0 Å². The maximum absolute atomic E-state index is 4.12. The summed E-state index contributed by atoms with van der Waals surface area (Å²) >= 11 is 3.34. The molecule has 3 nitrogen and oxygen atoms in total. The van der Waals surface area contributed by atoms with Gasteiger partial charge in [0.2, 0.25) is 0 Å². The van der Waals surface area contributed by atoms with Gasteiger partial charge in [0.05, 0.1) is 4.88 Å². The molecule has 0 fully saturated rings. The van der Waals surface area contributed by atoms with E-state index in [1.54, 1.807) is 22.7 Å². The Labute approximate surface area is 84.5 Å². The van der Waals surface area contributed by atoms with Gasteiger partial charge in [-0.25, -0.2) is 0 Å². The Morgan fingerprint density at radius 1 is 1.46 bits per heavy atom. The lowest BCUT2D eigenvalue weighted by Crippen LogP contribution is -2.04. The van der Waals surface area contributed by atoms with Crippen molar-refractivity contribution >= 4 is 22.7 Å². The number of hydrogen-bond acceptors (Lipinski definition) is 5. The Balaban J connectivity index is 2.23. The molecule has 0 aliphatic heterocycles. The molecule has 1 N–H and O–H groups in total. The fourth-order valence-corrected chi connectivity index (χ4v) is 2.62. The van der Waals surface area contributed by atoms with Crippen molar-refractivity contribution in [1.29, 1.82) is 0 Å². The Bertz CT molecular complexity index is 366. The maximum atomic E-state index is 4.12. The summed E-state index contributed by atoms with van der Waals surface area (Å²) in [6.07, 6.45) is 0. The molecule has 0 radical (unpaired) electrons. The highest BCUT2D eigenvalue weighted by molar-refractivity contribution is 7.20. The highest BCUT2D eigenvalue weighted by Crippen LogP contribution is 2.27. The zero-order valence-electron chi connectivity index (χ0n) is 7.15. The van der Waals surface area contributed by atoms with Gasteiger partial charge in [-0.1, -0.05) is 17.4 Å². The van der Waals surface area contributed by atoms with Crippen molar-refractivity contribution in [3.05, 3.63) is 22.5 Å². The number of aromatic nitrogens is 2. The molecule has 0 amide bonds. The largest absolute Gasteiger partial charge is 0.313 e. The van der Waals surface area contributed by atoms with Gasteiger partial charge < -0.3 is 5.32 Å². The molecule has 5 heteroatoms. The van der Waals surface area contributed by atoms with Crippen LogP contribution in [0, 0.1) is 0 Å². The van der Waals surface area contributed by atoms with Crippen LogP contribution < -0.4 is 5.32 Å². The number of hydrogen-bond donors (Lipinski definition) is 1. The minimum Gasteiger partial charge on any atom is -0.313 e. The summed E-state index contributed by atoms with van der Waals surface area (Å²) < 4.78 is 0. The summed E-state index contributed by atoms with van der Waals surface area (Å²) in [5, 5.41) is 15.3. The van der Waals surface area contributed by atoms with Crippen LogP contribution in [0.15, 0.2) is 17.5 Å². The minimum absolute atomic E-state index is 0.795. The highest BCUT2D eigenvalue weighted by atomic mass is 32.1. The van der Waals surface area contributed by atoms with E-state index in [2.05, 4.69) is 27.0 Å². The van der Waals surface area contributed by atoms with E-state index < -0.39 is 0 Å². The summed E-state index contributed by atoms with van der Waals surface area (Å²) in [7, 11) is 1.91. The molecule has 0 saturated carbocycles. The molecule has 0 spiro atoms. The Morgan fingerprint density at radius 2 is 2.38 bits per heavy atom. The third kappa shape index (κ3) is 1.93. The fraction of sp³-hybridized carbons (Fsp3) is 0.250. The first-order chi connectivity index (χ1) is 6.40. The van der Waals surface area contributed by atoms with E-state index in [0.717, 1.165) is 16.6 Å². The molecule has 0 aromatic carbocycles. The molecule has 0 aliphatic rings. The van der Waals surface area contributed by atoms with Crippen molar-refractivity contribution in [2.45, 2.75) is 6.54 Å². The second-order valence-corrected chi connectivity index (χ2v) is 4.52. The molecule has 68 valence electrons. The van der Waals surface area contributed by atoms with Crippen LogP contribution in [-0.2, 0) is 6.54 Å². The molecular weight excluding hydrogens is 202 g/mol. The van der Waals surface area contributed by atoms with Crippen molar-refractivity contribution in [2.75, 3.05) is 7.05 Å². The highest BCUT2D eigenvalue weighted by Gasteiger charge is 2.05. The van der Waals surface area contributed by atoms with Crippen molar-refractivity contribution in [3.8, 4) is 9.88 Å². The summed E-state index contributed by atoms with van der Waals surface area (Å²) in [6, 6.07) is 4.09. The fourth-order valence-electron chi connectivity index (χ4n) is 0.976. The lowest BCUT2D eigenvalue weighted by atomic mass is 10.5. The summed E-state index contributed by atoms with van der Waals surface area (Å²) in [5.41, 5.74) is 0. The summed E-state index contributed by atoms with van der Waals surface area (Å²) in [6.45, 7) is 0.795. The number of nitrogens with zero attached hydrogens (tertiary/aromatic N) is 2. The third-order valence-corrected chi connectivity index (χ3v) is 3.49. The van der Waals surface area contributed by atoms with Crippen LogP contribution in [0.2, 0.25) is 0 Å². The van der Waals surface area contributed by atoms with Crippen LogP contribution in [0.1, 0.15) is 5.01 Å². The van der Waals surface area contributed by atoms with Gasteiger partial charge in [-0.3, -0.25) is 0 Å². The normalized spacial score (nSPS) is 10.5.